The lowest BCUT2D eigenvalue weighted by Gasteiger charge is -2.26. The Morgan fingerprint density at radius 3 is 2.47 bits per heavy atom. The first-order chi connectivity index (χ1) is 8.59. The standard InChI is InChI=1S/C15H22N2O.ClH/c1-15(9-5-6-10-15)17-14(18)11-13(16)12-7-3-2-4-8-12;/h2-4,7-8,13H,5-6,9-11,16H2,1H3,(H,17,18);1H. The summed E-state index contributed by atoms with van der Waals surface area (Å²) in [5.41, 5.74) is 7.06. The number of nitrogens with two attached hydrogens (primary N) is 1. The zero-order chi connectivity index (χ0) is 13.0. The van der Waals surface area contributed by atoms with Crippen LogP contribution in [0.1, 0.15) is 50.6 Å². The van der Waals surface area contributed by atoms with Gasteiger partial charge in [-0.2, -0.15) is 0 Å². The topological polar surface area (TPSA) is 55.1 Å². The first kappa shape index (κ1) is 16.0. The van der Waals surface area contributed by atoms with E-state index < -0.39 is 0 Å². The molecule has 1 aliphatic rings. The van der Waals surface area contributed by atoms with Crippen molar-refractivity contribution in [1.29, 1.82) is 0 Å². The Bertz CT molecular complexity index is 402. The normalized spacial score (nSPS) is 18.4. The van der Waals surface area contributed by atoms with Gasteiger partial charge in [-0.05, 0) is 25.3 Å². The van der Waals surface area contributed by atoms with Crippen molar-refractivity contribution in [1.82, 2.24) is 5.32 Å². The lowest BCUT2D eigenvalue weighted by Crippen LogP contribution is -2.44. The molecule has 2 rings (SSSR count). The van der Waals surface area contributed by atoms with E-state index >= 15 is 0 Å². The molecule has 0 saturated heterocycles. The van der Waals surface area contributed by atoms with Gasteiger partial charge in [0.15, 0.2) is 0 Å². The highest BCUT2D eigenvalue weighted by Crippen LogP contribution is 2.29. The molecule has 19 heavy (non-hydrogen) atoms. The third-order valence-electron chi connectivity index (χ3n) is 3.78. The molecule has 0 radical (unpaired) electrons. The van der Waals surface area contributed by atoms with Gasteiger partial charge in [0.25, 0.3) is 0 Å². The number of nitrogens with one attached hydrogen (secondary N) is 1. The average molecular weight is 283 g/mol. The van der Waals surface area contributed by atoms with Crippen LogP contribution in [0.5, 0.6) is 0 Å². The summed E-state index contributed by atoms with van der Waals surface area (Å²) in [4.78, 5) is 12.0. The molecule has 1 aliphatic carbocycles. The van der Waals surface area contributed by atoms with Crippen LogP contribution in [0, 0.1) is 0 Å². The Morgan fingerprint density at radius 2 is 1.89 bits per heavy atom. The summed E-state index contributed by atoms with van der Waals surface area (Å²) in [6.45, 7) is 2.13. The summed E-state index contributed by atoms with van der Waals surface area (Å²) in [7, 11) is 0. The summed E-state index contributed by atoms with van der Waals surface area (Å²) in [6.07, 6.45) is 4.95. The fraction of sp³-hybridized carbons (Fsp3) is 0.533. The van der Waals surface area contributed by atoms with Crippen LogP contribution < -0.4 is 11.1 Å². The molecule has 0 spiro atoms. The molecule has 3 nitrogen and oxygen atoms in total. The first-order valence-electron chi connectivity index (χ1n) is 6.71. The second-order valence-electron chi connectivity index (χ2n) is 5.54. The third-order valence-corrected chi connectivity index (χ3v) is 3.78. The molecular weight excluding hydrogens is 260 g/mol. The maximum atomic E-state index is 12.0. The molecule has 0 bridgehead atoms. The van der Waals surface area contributed by atoms with Crippen molar-refractivity contribution < 1.29 is 4.79 Å². The number of hydrogen-bond acceptors (Lipinski definition) is 2. The van der Waals surface area contributed by atoms with Crippen LogP contribution in [-0.4, -0.2) is 11.4 Å². The van der Waals surface area contributed by atoms with Crippen LogP contribution in [0.15, 0.2) is 30.3 Å². The van der Waals surface area contributed by atoms with Crippen LogP contribution in [0.25, 0.3) is 0 Å². The van der Waals surface area contributed by atoms with Gasteiger partial charge in [0.2, 0.25) is 5.91 Å². The van der Waals surface area contributed by atoms with E-state index in [-0.39, 0.29) is 29.9 Å². The van der Waals surface area contributed by atoms with E-state index in [0.717, 1.165) is 18.4 Å². The third kappa shape index (κ3) is 4.51. The van der Waals surface area contributed by atoms with Crippen molar-refractivity contribution in [2.45, 2.75) is 50.6 Å². The second kappa shape index (κ2) is 6.92. The fourth-order valence-corrected chi connectivity index (χ4v) is 2.69. The van der Waals surface area contributed by atoms with E-state index in [0.29, 0.717) is 6.42 Å². The number of halogens is 1. The maximum absolute atomic E-state index is 12.0. The van der Waals surface area contributed by atoms with E-state index in [1.54, 1.807) is 0 Å². The van der Waals surface area contributed by atoms with Crippen molar-refractivity contribution in [3.05, 3.63) is 35.9 Å². The van der Waals surface area contributed by atoms with Gasteiger partial charge in [-0.15, -0.1) is 12.4 Å². The summed E-state index contributed by atoms with van der Waals surface area (Å²) in [5, 5.41) is 3.14. The fourth-order valence-electron chi connectivity index (χ4n) is 2.69. The number of carbonyl (C=O) groups is 1. The summed E-state index contributed by atoms with van der Waals surface area (Å²) in [5.74, 6) is 0.0655. The van der Waals surface area contributed by atoms with Crippen LogP contribution in [-0.2, 0) is 4.79 Å². The Labute approximate surface area is 121 Å². The van der Waals surface area contributed by atoms with Crippen LogP contribution >= 0.6 is 12.4 Å². The van der Waals surface area contributed by atoms with Crippen molar-refractivity contribution in [3.63, 3.8) is 0 Å². The zero-order valence-corrected chi connectivity index (χ0v) is 12.2. The second-order valence-corrected chi connectivity index (χ2v) is 5.54. The number of carbonyl (C=O) groups excluding carboxylic acids is 1. The number of benzene rings is 1. The highest BCUT2D eigenvalue weighted by atomic mass is 35.5. The van der Waals surface area contributed by atoms with Crippen molar-refractivity contribution in [2.24, 2.45) is 5.73 Å². The first-order valence-corrected chi connectivity index (χ1v) is 6.71. The average Bonchev–Trinajstić information content (AvgIpc) is 2.76. The smallest absolute Gasteiger partial charge is 0.222 e. The largest absolute Gasteiger partial charge is 0.351 e. The highest BCUT2D eigenvalue weighted by molar-refractivity contribution is 5.85. The molecule has 0 aromatic heterocycles. The molecule has 1 amide bonds. The zero-order valence-electron chi connectivity index (χ0n) is 11.4. The number of hydrogen-bond donors (Lipinski definition) is 2. The molecule has 1 atom stereocenters. The molecule has 0 aliphatic heterocycles. The Hall–Kier alpha value is -1.06. The SMILES string of the molecule is CC1(NC(=O)CC(N)c2ccccc2)CCCC1.Cl. The van der Waals surface area contributed by atoms with Crippen molar-refractivity contribution >= 4 is 18.3 Å². The quantitative estimate of drug-likeness (QED) is 0.892. The Kier molecular flexibility index (Phi) is 5.83. The van der Waals surface area contributed by atoms with Crippen molar-refractivity contribution in [3.8, 4) is 0 Å². The number of amides is 1. The van der Waals surface area contributed by atoms with Crippen LogP contribution in [0.2, 0.25) is 0 Å². The minimum atomic E-state index is -0.212. The molecule has 1 aromatic carbocycles. The van der Waals surface area contributed by atoms with Crippen molar-refractivity contribution in [2.75, 3.05) is 0 Å². The van der Waals surface area contributed by atoms with Gasteiger partial charge < -0.3 is 11.1 Å². The molecule has 3 N–H and O–H groups in total. The molecule has 1 unspecified atom stereocenters. The van der Waals surface area contributed by atoms with E-state index in [4.69, 9.17) is 5.73 Å². The minimum absolute atomic E-state index is 0. The molecule has 106 valence electrons. The predicted molar refractivity (Wildman–Crippen MR) is 80.3 cm³/mol. The van der Waals surface area contributed by atoms with E-state index in [2.05, 4.69) is 12.2 Å². The number of rotatable bonds is 4. The summed E-state index contributed by atoms with van der Waals surface area (Å²) >= 11 is 0. The lowest BCUT2D eigenvalue weighted by atomic mass is 9.99. The lowest BCUT2D eigenvalue weighted by molar-refractivity contribution is -0.123. The Balaban J connectivity index is 0.00000180. The molecule has 1 fully saturated rings. The predicted octanol–water partition coefficient (Wildman–Crippen LogP) is 2.95. The molecular formula is C15H23ClN2O. The van der Waals surface area contributed by atoms with Gasteiger partial charge in [0.05, 0.1) is 0 Å². The molecule has 1 aromatic rings. The molecule has 1 saturated carbocycles. The van der Waals surface area contributed by atoms with Gasteiger partial charge in [0.1, 0.15) is 0 Å². The van der Waals surface area contributed by atoms with Gasteiger partial charge in [-0.25, -0.2) is 0 Å². The molecule has 4 heteroatoms. The Morgan fingerprint density at radius 1 is 1.32 bits per heavy atom. The van der Waals surface area contributed by atoms with E-state index in [1.807, 2.05) is 30.3 Å². The van der Waals surface area contributed by atoms with E-state index in [1.165, 1.54) is 12.8 Å². The highest BCUT2D eigenvalue weighted by Gasteiger charge is 2.30. The van der Waals surface area contributed by atoms with Gasteiger partial charge in [-0.3, -0.25) is 4.79 Å². The summed E-state index contributed by atoms with van der Waals surface area (Å²) < 4.78 is 0. The summed E-state index contributed by atoms with van der Waals surface area (Å²) in [6, 6.07) is 9.58. The van der Waals surface area contributed by atoms with Crippen LogP contribution in [0.3, 0.4) is 0 Å². The van der Waals surface area contributed by atoms with Gasteiger partial charge >= 0.3 is 0 Å². The maximum Gasteiger partial charge on any atom is 0.222 e. The molecule has 0 heterocycles. The van der Waals surface area contributed by atoms with Gasteiger partial charge in [0, 0.05) is 18.0 Å². The van der Waals surface area contributed by atoms with E-state index in [9.17, 15) is 4.79 Å². The van der Waals surface area contributed by atoms with Gasteiger partial charge in [-0.1, -0.05) is 43.2 Å². The van der Waals surface area contributed by atoms with Crippen LogP contribution in [0.4, 0.5) is 0 Å². The minimum Gasteiger partial charge on any atom is -0.351 e. The monoisotopic (exact) mass is 282 g/mol.